The SMILES string of the molecule is COc1cc([C@H]2C(=O)N(C3CCCC3)CC(=O)N2CCc2ccc(Cl)cc2)ccc1OC(C)C. The zero-order valence-corrected chi connectivity index (χ0v) is 20.9. The van der Waals surface area contributed by atoms with E-state index in [0.717, 1.165) is 36.8 Å². The molecule has 1 aliphatic heterocycles. The fourth-order valence-corrected chi connectivity index (χ4v) is 5.08. The Labute approximate surface area is 206 Å². The average molecular weight is 485 g/mol. The lowest BCUT2D eigenvalue weighted by atomic mass is 9.98. The lowest BCUT2D eigenvalue weighted by molar-refractivity contribution is -0.158. The second kappa shape index (κ2) is 10.7. The normalized spacial score (nSPS) is 19.3. The van der Waals surface area contributed by atoms with Gasteiger partial charge in [0, 0.05) is 17.6 Å². The first kappa shape index (κ1) is 24.4. The summed E-state index contributed by atoms with van der Waals surface area (Å²) in [6.45, 7) is 4.50. The van der Waals surface area contributed by atoms with Crippen LogP contribution in [0.25, 0.3) is 0 Å². The van der Waals surface area contributed by atoms with Gasteiger partial charge >= 0.3 is 0 Å². The molecule has 1 saturated carbocycles. The number of rotatable bonds is 8. The van der Waals surface area contributed by atoms with E-state index in [-0.39, 0.29) is 30.5 Å². The van der Waals surface area contributed by atoms with Crippen LogP contribution in [0, 0.1) is 0 Å². The molecular weight excluding hydrogens is 452 g/mol. The van der Waals surface area contributed by atoms with E-state index in [1.54, 1.807) is 12.0 Å². The quantitative estimate of drug-likeness (QED) is 0.527. The minimum absolute atomic E-state index is 0.00799. The first-order valence-electron chi connectivity index (χ1n) is 12.1. The highest BCUT2D eigenvalue weighted by molar-refractivity contribution is 6.30. The Bertz CT molecular complexity index is 1020. The van der Waals surface area contributed by atoms with Crippen molar-refractivity contribution in [2.24, 2.45) is 0 Å². The molecule has 0 radical (unpaired) electrons. The van der Waals surface area contributed by atoms with Crippen molar-refractivity contribution in [3.63, 3.8) is 0 Å². The molecule has 7 heteroatoms. The molecule has 0 spiro atoms. The van der Waals surface area contributed by atoms with Gasteiger partial charge in [-0.2, -0.15) is 0 Å². The molecule has 1 heterocycles. The molecule has 2 aromatic rings. The molecule has 2 fully saturated rings. The molecule has 1 atom stereocenters. The highest BCUT2D eigenvalue weighted by Crippen LogP contribution is 2.37. The molecule has 0 unspecified atom stereocenters. The van der Waals surface area contributed by atoms with Crippen LogP contribution in [0.2, 0.25) is 5.02 Å². The Morgan fingerprint density at radius 3 is 2.38 bits per heavy atom. The van der Waals surface area contributed by atoms with E-state index >= 15 is 0 Å². The standard InChI is InChI=1S/C27H33ClN2O4/c1-18(2)34-23-13-10-20(16-24(23)33-3)26-27(32)30(22-6-4-5-7-22)17-25(31)29(26)15-14-19-8-11-21(28)12-9-19/h8-13,16,18,22,26H,4-7,14-15,17H2,1-3H3/t26-/m0/s1. The second-order valence-electron chi connectivity index (χ2n) is 9.35. The number of piperazine rings is 1. The summed E-state index contributed by atoms with van der Waals surface area (Å²) in [4.78, 5) is 30.7. The van der Waals surface area contributed by atoms with Gasteiger partial charge in [-0.05, 0) is 68.5 Å². The molecule has 34 heavy (non-hydrogen) atoms. The van der Waals surface area contributed by atoms with E-state index in [0.29, 0.717) is 29.5 Å². The number of carbonyl (C=O) groups excluding carboxylic acids is 2. The van der Waals surface area contributed by atoms with Crippen LogP contribution in [-0.2, 0) is 16.0 Å². The van der Waals surface area contributed by atoms with Gasteiger partial charge in [0.1, 0.15) is 12.6 Å². The third-order valence-electron chi connectivity index (χ3n) is 6.64. The monoisotopic (exact) mass is 484 g/mol. The first-order chi connectivity index (χ1) is 16.4. The smallest absolute Gasteiger partial charge is 0.250 e. The van der Waals surface area contributed by atoms with Crippen molar-refractivity contribution in [3.05, 3.63) is 58.6 Å². The van der Waals surface area contributed by atoms with Gasteiger partial charge in [-0.3, -0.25) is 9.59 Å². The average Bonchev–Trinajstić information content (AvgIpc) is 3.35. The van der Waals surface area contributed by atoms with Gasteiger partial charge < -0.3 is 19.3 Å². The first-order valence-corrected chi connectivity index (χ1v) is 12.4. The summed E-state index contributed by atoms with van der Waals surface area (Å²) in [5, 5.41) is 0.675. The fraction of sp³-hybridized carbons (Fsp3) is 0.481. The van der Waals surface area contributed by atoms with Crippen LogP contribution in [-0.4, -0.2) is 54.0 Å². The summed E-state index contributed by atoms with van der Waals surface area (Å²) in [6, 6.07) is 12.6. The lowest BCUT2D eigenvalue weighted by Crippen LogP contribution is -2.58. The van der Waals surface area contributed by atoms with Crippen molar-refractivity contribution in [1.29, 1.82) is 0 Å². The van der Waals surface area contributed by atoms with E-state index < -0.39 is 6.04 Å². The van der Waals surface area contributed by atoms with E-state index in [1.165, 1.54) is 0 Å². The second-order valence-corrected chi connectivity index (χ2v) is 9.78. The molecule has 0 bridgehead atoms. The van der Waals surface area contributed by atoms with Gasteiger partial charge in [-0.25, -0.2) is 0 Å². The van der Waals surface area contributed by atoms with Gasteiger partial charge in [-0.15, -0.1) is 0 Å². The van der Waals surface area contributed by atoms with Gasteiger partial charge in [0.05, 0.1) is 13.2 Å². The molecule has 4 rings (SSSR count). The summed E-state index contributed by atoms with van der Waals surface area (Å²) >= 11 is 6.02. The third-order valence-corrected chi connectivity index (χ3v) is 6.89. The molecule has 2 aromatic carbocycles. The Kier molecular flexibility index (Phi) is 7.67. The Balaban J connectivity index is 1.65. The fourth-order valence-electron chi connectivity index (χ4n) is 4.96. The van der Waals surface area contributed by atoms with Crippen LogP contribution in [0.3, 0.4) is 0 Å². The van der Waals surface area contributed by atoms with Crippen molar-refractivity contribution in [3.8, 4) is 11.5 Å². The van der Waals surface area contributed by atoms with E-state index in [4.69, 9.17) is 21.1 Å². The molecule has 2 aliphatic rings. The van der Waals surface area contributed by atoms with Crippen LogP contribution in [0.15, 0.2) is 42.5 Å². The van der Waals surface area contributed by atoms with Crippen molar-refractivity contribution in [2.75, 3.05) is 20.2 Å². The predicted octanol–water partition coefficient (Wildman–Crippen LogP) is 5.03. The van der Waals surface area contributed by atoms with Crippen LogP contribution in [0.4, 0.5) is 0 Å². The van der Waals surface area contributed by atoms with Crippen LogP contribution in [0.5, 0.6) is 11.5 Å². The number of carbonyl (C=O) groups is 2. The predicted molar refractivity (Wildman–Crippen MR) is 132 cm³/mol. The van der Waals surface area contributed by atoms with Gasteiger partial charge in [0.15, 0.2) is 11.5 Å². The summed E-state index contributed by atoms with van der Waals surface area (Å²) in [6.07, 6.45) is 4.75. The van der Waals surface area contributed by atoms with Crippen molar-refractivity contribution in [2.45, 2.75) is 64.1 Å². The van der Waals surface area contributed by atoms with Gasteiger partial charge in [-0.1, -0.05) is 42.6 Å². The molecule has 6 nitrogen and oxygen atoms in total. The minimum atomic E-state index is -0.684. The topological polar surface area (TPSA) is 59.1 Å². The molecule has 0 N–H and O–H groups in total. The minimum Gasteiger partial charge on any atom is -0.493 e. The number of nitrogens with zero attached hydrogens (tertiary/aromatic N) is 2. The maximum atomic E-state index is 13.8. The maximum absolute atomic E-state index is 13.8. The molecule has 0 aromatic heterocycles. The number of hydrogen-bond acceptors (Lipinski definition) is 4. The Hall–Kier alpha value is -2.73. The summed E-state index contributed by atoms with van der Waals surface area (Å²) in [5.74, 6) is 1.15. The molecular formula is C27H33ClN2O4. The molecule has 1 aliphatic carbocycles. The Morgan fingerprint density at radius 2 is 1.74 bits per heavy atom. The molecule has 1 saturated heterocycles. The summed E-state index contributed by atoms with van der Waals surface area (Å²) in [5.41, 5.74) is 1.81. The largest absolute Gasteiger partial charge is 0.493 e. The molecule has 2 amide bonds. The van der Waals surface area contributed by atoms with Crippen molar-refractivity contribution >= 4 is 23.4 Å². The van der Waals surface area contributed by atoms with E-state index in [1.807, 2.05) is 61.2 Å². The number of hydrogen-bond donors (Lipinski definition) is 0. The van der Waals surface area contributed by atoms with Crippen molar-refractivity contribution < 1.29 is 19.1 Å². The highest BCUT2D eigenvalue weighted by atomic mass is 35.5. The van der Waals surface area contributed by atoms with Crippen LogP contribution in [0.1, 0.15) is 56.7 Å². The number of ether oxygens (including phenoxy) is 2. The van der Waals surface area contributed by atoms with Crippen LogP contribution >= 0.6 is 11.6 Å². The van der Waals surface area contributed by atoms with Gasteiger partial charge in [0.2, 0.25) is 5.91 Å². The molecule has 182 valence electrons. The van der Waals surface area contributed by atoms with Crippen LogP contribution < -0.4 is 9.47 Å². The Morgan fingerprint density at radius 1 is 1.03 bits per heavy atom. The summed E-state index contributed by atoms with van der Waals surface area (Å²) in [7, 11) is 1.59. The van der Waals surface area contributed by atoms with Crippen molar-refractivity contribution in [1.82, 2.24) is 9.80 Å². The van der Waals surface area contributed by atoms with E-state index in [2.05, 4.69) is 0 Å². The van der Waals surface area contributed by atoms with Gasteiger partial charge in [0.25, 0.3) is 5.91 Å². The zero-order valence-electron chi connectivity index (χ0n) is 20.1. The van der Waals surface area contributed by atoms with E-state index in [9.17, 15) is 9.59 Å². The lowest BCUT2D eigenvalue weighted by Gasteiger charge is -2.43. The number of methoxy groups -OCH3 is 1. The maximum Gasteiger partial charge on any atom is 0.250 e. The third kappa shape index (κ3) is 5.33. The zero-order chi connectivity index (χ0) is 24.2. The summed E-state index contributed by atoms with van der Waals surface area (Å²) < 4.78 is 11.4. The highest BCUT2D eigenvalue weighted by Gasteiger charge is 2.43. The number of halogens is 1. The number of benzene rings is 2. The number of amides is 2.